The average Bonchev–Trinajstić information content (AvgIpc) is 2.78. The van der Waals surface area contributed by atoms with Gasteiger partial charge in [0.2, 0.25) is 0 Å². The highest BCUT2D eigenvalue weighted by Crippen LogP contribution is 2.28. The van der Waals surface area contributed by atoms with Gasteiger partial charge in [0.15, 0.2) is 0 Å². The minimum absolute atomic E-state index is 0.0273. The number of aromatic nitrogens is 1. The maximum Gasteiger partial charge on any atom is 0.266 e. The van der Waals surface area contributed by atoms with Crippen LogP contribution >= 0.6 is 0 Å². The molecule has 1 aromatic heterocycles. The number of anilines is 1. The van der Waals surface area contributed by atoms with Gasteiger partial charge in [0.05, 0.1) is 23.3 Å². The number of nitrogens with one attached hydrogen (secondary N) is 1. The summed E-state index contributed by atoms with van der Waals surface area (Å²) in [6.45, 7) is 3.33. The highest BCUT2D eigenvalue weighted by molar-refractivity contribution is 6.10. The van der Waals surface area contributed by atoms with Crippen molar-refractivity contribution in [1.82, 2.24) is 4.57 Å². The number of para-hydroxylation sites is 2. The number of nitrogens with zero attached hydrogens (tertiary/aromatic N) is 2. The zero-order chi connectivity index (χ0) is 15.8. The topological polar surface area (TPSA) is 46.4 Å². The van der Waals surface area contributed by atoms with Crippen LogP contribution in [0.2, 0.25) is 0 Å². The maximum atomic E-state index is 13.2. The Bertz CT molecular complexity index is 971. The second kappa shape index (κ2) is 5.39. The number of hydrogen-bond donors (Lipinski definition) is 1. The highest BCUT2D eigenvalue weighted by Gasteiger charge is 2.20. The van der Waals surface area contributed by atoms with E-state index in [1.807, 2.05) is 55.5 Å². The van der Waals surface area contributed by atoms with Crippen LogP contribution in [0.1, 0.15) is 12.5 Å². The van der Waals surface area contributed by atoms with Crippen molar-refractivity contribution in [3.63, 3.8) is 0 Å². The largest absolute Gasteiger partial charge is 0.382 e. The third-order valence-corrected chi connectivity index (χ3v) is 4.22. The molecule has 0 fully saturated rings. The van der Waals surface area contributed by atoms with Crippen molar-refractivity contribution in [2.45, 2.75) is 6.92 Å². The van der Waals surface area contributed by atoms with Crippen molar-refractivity contribution < 1.29 is 0 Å². The van der Waals surface area contributed by atoms with Crippen LogP contribution in [0.25, 0.3) is 16.6 Å². The van der Waals surface area contributed by atoms with Crippen molar-refractivity contribution in [3.05, 3.63) is 70.5 Å². The molecule has 1 aliphatic heterocycles. The molecule has 1 N–H and O–H groups in total. The molecule has 2 heterocycles. The smallest absolute Gasteiger partial charge is 0.266 e. The lowest BCUT2D eigenvalue weighted by Gasteiger charge is -2.17. The van der Waals surface area contributed by atoms with Crippen molar-refractivity contribution in [3.8, 4) is 5.69 Å². The van der Waals surface area contributed by atoms with E-state index in [9.17, 15) is 4.79 Å². The van der Waals surface area contributed by atoms with Crippen molar-refractivity contribution >= 4 is 22.3 Å². The molecule has 4 heteroatoms. The molecule has 0 saturated carbocycles. The molecule has 23 heavy (non-hydrogen) atoms. The SMILES string of the molecule is CC1=NCCNc2c1c(=O)n(-c1ccccc1)c1ccccc21. The molecule has 0 aliphatic carbocycles. The molecule has 3 aromatic rings. The molecular formula is C19H17N3O. The average molecular weight is 303 g/mol. The van der Waals surface area contributed by atoms with Gasteiger partial charge in [0, 0.05) is 23.3 Å². The van der Waals surface area contributed by atoms with Gasteiger partial charge in [-0.2, -0.15) is 0 Å². The van der Waals surface area contributed by atoms with E-state index in [1.54, 1.807) is 4.57 Å². The van der Waals surface area contributed by atoms with Gasteiger partial charge in [-0.15, -0.1) is 0 Å². The fourth-order valence-corrected chi connectivity index (χ4v) is 3.18. The summed E-state index contributed by atoms with van der Waals surface area (Å²) in [5.74, 6) is 0. The fraction of sp³-hybridized carbons (Fsp3) is 0.158. The normalized spacial score (nSPS) is 13.9. The molecular weight excluding hydrogens is 286 g/mol. The van der Waals surface area contributed by atoms with Gasteiger partial charge in [-0.3, -0.25) is 14.4 Å². The number of benzene rings is 2. The van der Waals surface area contributed by atoms with Crippen LogP contribution in [0, 0.1) is 0 Å². The first kappa shape index (κ1) is 13.8. The van der Waals surface area contributed by atoms with E-state index >= 15 is 0 Å². The predicted octanol–water partition coefficient (Wildman–Crippen LogP) is 3.23. The number of rotatable bonds is 1. The van der Waals surface area contributed by atoms with Gasteiger partial charge in [-0.25, -0.2) is 0 Å². The molecule has 114 valence electrons. The molecule has 0 spiro atoms. The Morgan fingerprint density at radius 2 is 1.78 bits per heavy atom. The van der Waals surface area contributed by atoms with E-state index in [0.29, 0.717) is 12.1 Å². The summed E-state index contributed by atoms with van der Waals surface area (Å²) in [7, 11) is 0. The Hall–Kier alpha value is -2.88. The number of fused-ring (bicyclic) bond motifs is 3. The first-order valence-corrected chi connectivity index (χ1v) is 7.76. The Morgan fingerprint density at radius 3 is 2.61 bits per heavy atom. The predicted molar refractivity (Wildman–Crippen MR) is 95.1 cm³/mol. The summed E-state index contributed by atoms with van der Waals surface area (Å²) < 4.78 is 1.78. The standard InChI is InChI=1S/C19H17N3O/c1-13-17-18(21-12-11-20-13)15-9-5-6-10-16(15)22(19(17)23)14-7-3-2-4-8-14/h2-10,21H,11-12H2,1H3. The molecule has 0 amide bonds. The number of hydrogen-bond acceptors (Lipinski definition) is 3. The van der Waals surface area contributed by atoms with E-state index in [4.69, 9.17) is 0 Å². The van der Waals surface area contributed by atoms with E-state index in [-0.39, 0.29) is 5.56 Å². The monoisotopic (exact) mass is 303 g/mol. The molecule has 2 aromatic carbocycles. The quantitative estimate of drug-likeness (QED) is 0.750. The van der Waals surface area contributed by atoms with Crippen LogP contribution in [0.5, 0.6) is 0 Å². The summed E-state index contributed by atoms with van der Waals surface area (Å²) >= 11 is 0. The van der Waals surface area contributed by atoms with Crippen LogP contribution in [0.4, 0.5) is 5.69 Å². The lowest BCUT2D eigenvalue weighted by molar-refractivity contribution is 1.03. The van der Waals surface area contributed by atoms with Gasteiger partial charge in [-0.1, -0.05) is 36.4 Å². The molecule has 0 atom stereocenters. The second-order valence-corrected chi connectivity index (χ2v) is 5.64. The summed E-state index contributed by atoms with van der Waals surface area (Å²) in [4.78, 5) is 17.7. The minimum atomic E-state index is -0.0273. The number of aliphatic imine (C=N–C) groups is 1. The molecule has 1 aliphatic rings. The van der Waals surface area contributed by atoms with Gasteiger partial charge >= 0.3 is 0 Å². The van der Waals surface area contributed by atoms with Gasteiger partial charge < -0.3 is 5.32 Å². The second-order valence-electron chi connectivity index (χ2n) is 5.64. The third-order valence-electron chi connectivity index (χ3n) is 4.22. The van der Waals surface area contributed by atoms with Crippen LogP contribution in [-0.2, 0) is 0 Å². The molecule has 0 radical (unpaired) electrons. The van der Waals surface area contributed by atoms with Crippen molar-refractivity contribution in [1.29, 1.82) is 0 Å². The first-order chi connectivity index (χ1) is 11.3. The van der Waals surface area contributed by atoms with Crippen LogP contribution in [-0.4, -0.2) is 23.4 Å². The molecule has 0 bridgehead atoms. The summed E-state index contributed by atoms with van der Waals surface area (Å²) in [6.07, 6.45) is 0. The summed E-state index contributed by atoms with van der Waals surface area (Å²) in [6, 6.07) is 17.8. The van der Waals surface area contributed by atoms with Crippen LogP contribution in [0.15, 0.2) is 64.4 Å². The Morgan fingerprint density at radius 1 is 1.04 bits per heavy atom. The van der Waals surface area contributed by atoms with E-state index in [2.05, 4.69) is 16.4 Å². The number of pyridine rings is 1. The fourth-order valence-electron chi connectivity index (χ4n) is 3.18. The lowest BCUT2D eigenvalue weighted by atomic mass is 10.0. The summed E-state index contributed by atoms with van der Waals surface area (Å²) in [5, 5.41) is 4.43. The van der Waals surface area contributed by atoms with Gasteiger partial charge in [-0.05, 0) is 25.1 Å². The zero-order valence-corrected chi connectivity index (χ0v) is 12.9. The van der Waals surface area contributed by atoms with E-state index in [0.717, 1.165) is 34.5 Å². The maximum absolute atomic E-state index is 13.2. The molecule has 4 nitrogen and oxygen atoms in total. The van der Waals surface area contributed by atoms with Crippen molar-refractivity contribution in [2.24, 2.45) is 4.99 Å². The Labute approximate surface area is 134 Å². The van der Waals surface area contributed by atoms with Crippen LogP contribution < -0.4 is 10.9 Å². The Kier molecular flexibility index (Phi) is 3.23. The minimum Gasteiger partial charge on any atom is -0.382 e. The van der Waals surface area contributed by atoms with Gasteiger partial charge in [0.25, 0.3) is 5.56 Å². The molecule has 0 unspecified atom stereocenters. The third kappa shape index (κ3) is 2.14. The lowest BCUT2D eigenvalue weighted by Crippen LogP contribution is -2.26. The van der Waals surface area contributed by atoms with E-state index in [1.165, 1.54) is 0 Å². The zero-order valence-electron chi connectivity index (χ0n) is 12.9. The first-order valence-electron chi connectivity index (χ1n) is 7.76. The van der Waals surface area contributed by atoms with Crippen molar-refractivity contribution in [2.75, 3.05) is 18.4 Å². The Balaban J connectivity index is 2.20. The van der Waals surface area contributed by atoms with E-state index < -0.39 is 0 Å². The summed E-state index contributed by atoms with van der Waals surface area (Å²) in [5.41, 5.74) is 4.12. The highest BCUT2D eigenvalue weighted by atomic mass is 16.1. The molecule has 0 saturated heterocycles. The van der Waals surface area contributed by atoms with Gasteiger partial charge in [0.1, 0.15) is 0 Å². The van der Waals surface area contributed by atoms with Crippen LogP contribution in [0.3, 0.4) is 0 Å². The molecule has 4 rings (SSSR count).